The third kappa shape index (κ3) is 5.05. The molecule has 0 atom stereocenters. The fraction of sp³-hybridized carbons (Fsp3) is 0.654. The Hall–Kier alpha value is -2.09. The van der Waals surface area contributed by atoms with Crippen molar-refractivity contribution in [3.63, 3.8) is 0 Å². The number of hydrogen-bond donors (Lipinski definition) is 2. The van der Waals surface area contributed by atoms with E-state index < -0.39 is 0 Å². The zero-order valence-corrected chi connectivity index (χ0v) is 19.6. The van der Waals surface area contributed by atoms with Crippen molar-refractivity contribution in [3.8, 4) is 5.75 Å². The van der Waals surface area contributed by atoms with Crippen molar-refractivity contribution in [1.29, 1.82) is 0 Å². The normalized spacial score (nSPS) is 22.0. The highest BCUT2D eigenvalue weighted by Crippen LogP contribution is 2.36. The lowest BCUT2D eigenvalue weighted by Gasteiger charge is -2.36. The molecule has 0 unspecified atom stereocenters. The van der Waals surface area contributed by atoms with Gasteiger partial charge in [0, 0.05) is 50.7 Å². The average Bonchev–Trinajstić information content (AvgIpc) is 3.19. The summed E-state index contributed by atoms with van der Waals surface area (Å²) in [4.78, 5) is 17.4. The van der Waals surface area contributed by atoms with Crippen molar-refractivity contribution >= 4 is 16.8 Å². The smallest absolute Gasteiger partial charge is 0.265 e. The number of nitrogens with two attached hydrogens (primary N) is 1. The Bertz CT molecular complexity index is 954. The van der Waals surface area contributed by atoms with Gasteiger partial charge in [-0.25, -0.2) is 0 Å². The number of piperidine rings is 2. The summed E-state index contributed by atoms with van der Waals surface area (Å²) in [5, 5.41) is 10.7. The molecule has 0 radical (unpaired) electrons. The number of aliphatic hydroxyl groups is 1. The molecule has 3 aliphatic rings. The Morgan fingerprint density at radius 3 is 2.27 bits per heavy atom. The standard InChI is InChI=1S/C26H38N4O3/c27-26(32)24-17-22-23(5-2-6-25(22)33-18-19-3-1-4-19)30(24)20-7-11-28(12-8-20)15-16-29-13-9-21(31)10-14-29/h2,5-6,17,19-21,31H,1,3-4,7-16,18H2,(H2,27,32). The molecule has 1 aliphatic carbocycles. The molecule has 1 saturated carbocycles. The Morgan fingerprint density at radius 1 is 1.00 bits per heavy atom. The highest BCUT2D eigenvalue weighted by atomic mass is 16.5. The lowest BCUT2D eigenvalue weighted by Crippen LogP contribution is -2.43. The molecule has 0 bridgehead atoms. The van der Waals surface area contributed by atoms with Gasteiger partial charge in [-0.3, -0.25) is 4.79 Å². The van der Waals surface area contributed by atoms with Crippen molar-refractivity contribution in [2.24, 2.45) is 11.7 Å². The molecule has 2 aliphatic heterocycles. The van der Waals surface area contributed by atoms with Gasteiger partial charge in [0.25, 0.3) is 5.91 Å². The first kappa shape index (κ1) is 22.7. The van der Waals surface area contributed by atoms with E-state index in [1.54, 1.807) is 0 Å². The average molecular weight is 455 g/mol. The molecule has 33 heavy (non-hydrogen) atoms. The summed E-state index contributed by atoms with van der Waals surface area (Å²) in [6, 6.07) is 8.34. The molecule has 3 heterocycles. The molecule has 1 amide bonds. The number of aromatic nitrogens is 1. The van der Waals surface area contributed by atoms with Crippen molar-refractivity contribution in [2.45, 2.75) is 57.1 Å². The summed E-state index contributed by atoms with van der Waals surface area (Å²) in [5.41, 5.74) is 7.47. The zero-order chi connectivity index (χ0) is 22.8. The lowest BCUT2D eigenvalue weighted by atomic mass is 9.86. The number of benzene rings is 1. The number of rotatable bonds is 8. The number of likely N-dealkylation sites (tertiary alicyclic amines) is 2. The summed E-state index contributed by atoms with van der Waals surface area (Å²) in [6.07, 6.45) is 7.50. The Kier molecular flexibility index (Phi) is 6.90. The van der Waals surface area contributed by atoms with E-state index in [0.29, 0.717) is 11.6 Å². The first-order valence-corrected chi connectivity index (χ1v) is 12.8. The van der Waals surface area contributed by atoms with Crippen molar-refractivity contribution in [2.75, 3.05) is 45.9 Å². The van der Waals surface area contributed by atoms with Crippen LogP contribution in [0.4, 0.5) is 0 Å². The summed E-state index contributed by atoms with van der Waals surface area (Å²) in [5.74, 6) is 1.16. The molecule has 3 N–H and O–H groups in total. The van der Waals surface area contributed by atoms with E-state index in [0.717, 1.165) is 88.2 Å². The van der Waals surface area contributed by atoms with Crippen LogP contribution in [0, 0.1) is 5.92 Å². The molecule has 7 nitrogen and oxygen atoms in total. The molecule has 2 aromatic rings. The maximum Gasteiger partial charge on any atom is 0.265 e. The second-order valence-electron chi connectivity index (χ2n) is 10.2. The maximum atomic E-state index is 12.4. The van der Waals surface area contributed by atoms with Gasteiger partial charge in [-0.05, 0) is 62.6 Å². The van der Waals surface area contributed by atoms with Crippen LogP contribution in [0.25, 0.3) is 10.9 Å². The van der Waals surface area contributed by atoms with Crippen molar-refractivity contribution < 1.29 is 14.6 Å². The van der Waals surface area contributed by atoms with E-state index in [4.69, 9.17) is 10.5 Å². The number of fused-ring (bicyclic) bond motifs is 1. The van der Waals surface area contributed by atoms with Crippen LogP contribution in [-0.4, -0.2) is 77.4 Å². The molecule has 7 heteroatoms. The van der Waals surface area contributed by atoms with Crippen LogP contribution in [0.2, 0.25) is 0 Å². The van der Waals surface area contributed by atoms with Gasteiger partial charge in [-0.15, -0.1) is 0 Å². The summed E-state index contributed by atoms with van der Waals surface area (Å²) in [7, 11) is 0. The van der Waals surface area contributed by atoms with Gasteiger partial charge >= 0.3 is 0 Å². The van der Waals surface area contributed by atoms with Crippen LogP contribution in [-0.2, 0) is 0 Å². The van der Waals surface area contributed by atoms with Crippen LogP contribution >= 0.6 is 0 Å². The third-order valence-corrected chi connectivity index (χ3v) is 8.01. The van der Waals surface area contributed by atoms with E-state index >= 15 is 0 Å². The predicted octanol–water partition coefficient (Wildman–Crippen LogP) is 3.01. The van der Waals surface area contributed by atoms with Gasteiger partial charge in [-0.1, -0.05) is 12.5 Å². The minimum absolute atomic E-state index is 0.114. The summed E-state index contributed by atoms with van der Waals surface area (Å²) in [6.45, 7) is 6.94. The summed E-state index contributed by atoms with van der Waals surface area (Å²) >= 11 is 0. The van der Waals surface area contributed by atoms with Gasteiger partial charge in [0.15, 0.2) is 0 Å². The molecule has 0 spiro atoms. The SMILES string of the molecule is NC(=O)c1cc2c(OCC3CCC3)cccc2n1C1CCN(CCN2CCC(O)CC2)CC1. The predicted molar refractivity (Wildman–Crippen MR) is 130 cm³/mol. The quantitative estimate of drug-likeness (QED) is 0.641. The van der Waals surface area contributed by atoms with Gasteiger partial charge < -0.3 is 29.9 Å². The first-order chi connectivity index (χ1) is 16.1. The Morgan fingerprint density at radius 2 is 1.67 bits per heavy atom. The topological polar surface area (TPSA) is 84.0 Å². The zero-order valence-electron chi connectivity index (χ0n) is 19.6. The van der Waals surface area contributed by atoms with E-state index in [1.807, 2.05) is 18.2 Å². The number of hydrogen-bond acceptors (Lipinski definition) is 5. The Labute approximate surface area is 196 Å². The molecule has 5 rings (SSSR count). The van der Waals surface area contributed by atoms with Crippen molar-refractivity contribution in [1.82, 2.24) is 14.4 Å². The molecule has 180 valence electrons. The van der Waals surface area contributed by atoms with Crippen LogP contribution in [0.1, 0.15) is 61.5 Å². The number of carbonyl (C=O) groups is 1. The van der Waals surface area contributed by atoms with Crippen LogP contribution in [0.3, 0.4) is 0 Å². The number of primary amides is 1. The van der Waals surface area contributed by atoms with Crippen LogP contribution in [0.15, 0.2) is 24.3 Å². The molecular weight excluding hydrogens is 416 g/mol. The molecule has 1 aromatic carbocycles. The minimum Gasteiger partial charge on any atom is -0.493 e. The van der Waals surface area contributed by atoms with E-state index in [2.05, 4.69) is 20.4 Å². The highest BCUT2D eigenvalue weighted by Gasteiger charge is 2.27. The van der Waals surface area contributed by atoms with Gasteiger partial charge in [-0.2, -0.15) is 0 Å². The first-order valence-electron chi connectivity index (χ1n) is 12.8. The van der Waals surface area contributed by atoms with Gasteiger partial charge in [0.2, 0.25) is 0 Å². The monoisotopic (exact) mass is 454 g/mol. The number of amides is 1. The maximum absolute atomic E-state index is 12.4. The van der Waals surface area contributed by atoms with E-state index in [-0.39, 0.29) is 18.1 Å². The third-order valence-electron chi connectivity index (χ3n) is 8.01. The minimum atomic E-state index is -0.370. The number of aliphatic hydroxyl groups excluding tert-OH is 1. The van der Waals surface area contributed by atoms with Gasteiger partial charge in [0.05, 0.1) is 18.2 Å². The second kappa shape index (κ2) is 10.0. The number of nitrogens with zero attached hydrogens (tertiary/aromatic N) is 3. The number of carbonyl (C=O) groups excluding carboxylic acids is 1. The molecule has 2 saturated heterocycles. The summed E-state index contributed by atoms with van der Waals surface area (Å²) < 4.78 is 8.36. The molecular formula is C26H38N4O3. The molecule has 3 fully saturated rings. The van der Waals surface area contributed by atoms with Gasteiger partial charge in [0.1, 0.15) is 11.4 Å². The largest absolute Gasteiger partial charge is 0.493 e. The fourth-order valence-corrected chi connectivity index (χ4v) is 5.63. The van der Waals surface area contributed by atoms with E-state index in [9.17, 15) is 9.90 Å². The van der Waals surface area contributed by atoms with E-state index in [1.165, 1.54) is 19.3 Å². The Balaban J connectivity index is 1.25. The number of ether oxygens (including phenoxy) is 1. The molecule has 1 aromatic heterocycles. The van der Waals surface area contributed by atoms with Crippen molar-refractivity contribution in [3.05, 3.63) is 30.0 Å². The van der Waals surface area contributed by atoms with Crippen LogP contribution < -0.4 is 10.5 Å². The highest BCUT2D eigenvalue weighted by molar-refractivity contribution is 5.99. The fourth-order valence-electron chi connectivity index (χ4n) is 5.63. The van der Waals surface area contributed by atoms with Crippen LogP contribution in [0.5, 0.6) is 5.75 Å². The lowest BCUT2D eigenvalue weighted by molar-refractivity contribution is 0.0733. The second-order valence-corrected chi connectivity index (χ2v) is 10.2.